The molecule has 0 aliphatic heterocycles. The third kappa shape index (κ3) is 9.01. The smallest absolute Gasteiger partial charge is 0.298 e. The van der Waals surface area contributed by atoms with Crippen molar-refractivity contribution in [3.8, 4) is 0 Å². The van der Waals surface area contributed by atoms with Gasteiger partial charge in [0.05, 0.1) is 6.54 Å². The summed E-state index contributed by atoms with van der Waals surface area (Å²) in [6, 6.07) is 0. The van der Waals surface area contributed by atoms with Gasteiger partial charge < -0.3 is 0 Å². The molecule has 16 heavy (non-hydrogen) atoms. The summed E-state index contributed by atoms with van der Waals surface area (Å²) in [5.41, 5.74) is 0. The van der Waals surface area contributed by atoms with Crippen molar-refractivity contribution < 1.29 is 13.2 Å². The van der Waals surface area contributed by atoms with Crippen molar-refractivity contribution in [1.29, 1.82) is 0 Å². The van der Waals surface area contributed by atoms with Gasteiger partial charge >= 0.3 is 6.18 Å². The highest BCUT2D eigenvalue weighted by atomic mass is 19.4. The molecule has 0 aromatic carbocycles. The summed E-state index contributed by atoms with van der Waals surface area (Å²) < 4.78 is 36.4. The largest absolute Gasteiger partial charge is 0.401 e. The molecule has 1 atom stereocenters. The number of hydrogen-bond donors (Lipinski definition) is 0. The lowest BCUT2D eigenvalue weighted by atomic mass is 9.98. The molecule has 4 heteroatoms. The van der Waals surface area contributed by atoms with Gasteiger partial charge in [-0.15, -0.1) is 0 Å². The Balaban J connectivity index is 3.83. The second kappa shape index (κ2) is 7.93. The maximum absolute atomic E-state index is 12.1. The summed E-state index contributed by atoms with van der Waals surface area (Å²) in [5, 5.41) is 0. The van der Waals surface area contributed by atoms with Gasteiger partial charge in [-0.2, -0.15) is 13.2 Å². The third-order valence-electron chi connectivity index (χ3n) is 2.81. The molecule has 0 radical (unpaired) electrons. The van der Waals surface area contributed by atoms with Gasteiger partial charge in [0.1, 0.15) is 0 Å². The monoisotopic (exact) mass is 239 g/mol. The Morgan fingerprint density at radius 3 is 2.19 bits per heavy atom. The number of nitrogens with zero attached hydrogens (tertiary/aromatic N) is 1. The van der Waals surface area contributed by atoms with Crippen LogP contribution in [0.5, 0.6) is 0 Å². The van der Waals surface area contributed by atoms with E-state index in [0.717, 1.165) is 25.7 Å². The standard InChI is InChI=1S/C12H24F3N/c1-4-6-7-8-11(5-2)9-16(3)10-12(13,14)15/h11H,4-10H2,1-3H3. The molecule has 0 N–H and O–H groups in total. The highest BCUT2D eigenvalue weighted by Crippen LogP contribution is 2.19. The first-order chi connectivity index (χ1) is 7.39. The predicted molar refractivity (Wildman–Crippen MR) is 61.5 cm³/mol. The Kier molecular flexibility index (Phi) is 7.81. The molecule has 0 spiro atoms. The first-order valence-corrected chi connectivity index (χ1v) is 6.14. The summed E-state index contributed by atoms with van der Waals surface area (Å²) in [6.07, 6.45) is 1.41. The van der Waals surface area contributed by atoms with E-state index in [2.05, 4.69) is 13.8 Å². The zero-order chi connectivity index (χ0) is 12.6. The highest BCUT2D eigenvalue weighted by Gasteiger charge is 2.29. The maximum atomic E-state index is 12.1. The van der Waals surface area contributed by atoms with Crippen LogP contribution in [0.2, 0.25) is 0 Å². The van der Waals surface area contributed by atoms with E-state index < -0.39 is 12.7 Å². The van der Waals surface area contributed by atoms with Gasteiger partial charge in [-0.3, -0.25) is 4.90 Å². The molecule has 0 rings (SSSR count). The Bertz CT molecular complexity index is 168. The molecule has 0 heterocycles. The SMILES string of the molecule is CCCCCC(CC)CN(C)CC(F)(F)F. The van der Waals surface area contributed by atoms with Crippen LogP contribution >= 0.6 is 0 Å². The second-order valence-corrected chi connectivity index (χ2v) is 4.58. The molecule has 1 unspecified atom stereocenters. The van der Waals surface area contributed by atoms with Crippen molar-refractivity contribution in [2.75, 3.05) is 20.1 Å². The molecule has 0 amide bonds. The van der Waals surface area contributed by atoms with E-state index in [9.17, 15) is 13.2 Å². The van der Waals surface area contributed by atoms with E-state index in [-0.39, 0.29) is 0 Å². The number of unbranched alkanes of at least 4 members (excludes halogenated alkanes) is 2. The normalized spacial score (nSPS) is 14.4. The fourth-order valence-electron chi connectivity index (χ4n) is 1.92. The number of hydrogen-bond acceptors (Lipinski definition) is 1. The fraction of sp³-hybridized carbons (Fsp3) is 1.00. The molecule has 0 saturated heterocycles. The van der Waals surface area contributed by atoms with Gasteiger partial charge in [0, 0.05) is 6.54 Å². The topological polar surface area (TPSA) is 3.24 Å². The fourth-order valence-corrected chi connectivity index (χ4v) is 1.92. The molecular formula is C12H24F3N. The van der Waals surface area contributed by atoms with Gasteiger partial charge in [0.15, 0.2) is 0 Å². The molecule has 0 aliphatic carbocycles. The van der Waals surface area contributed by atoms with Crippen LogP contribution in [0.1, 0.15) is 46.0 Å². The van der Waals surface area contributed by atoms with Crippen LogP contribution in [0, 0.1) is 5.92 Å². The quantitative estimate of drug-likeness (QED) is 0.577. The van der Waals surface area contributed by atoms with Crippen LogP contribution in [-0.4, -0.2) is 31.2 Å². The Labute approximate surface area is 97.0 Å². The summed E-state index contributed by atoms with van der Waals surface area (Å²) in [4.78, 5) is 1.39. The molecule has 0 saturated carbocycles. The number of rotatable bonds is 8. The van der Waals surface area contributed by atoms with Gasteiger partial charge in [-0.1, -0.05) is 39.5 Å². The lowest BCUT2D eigenvalue weighted by Gasteiger charge is -2.24. The van der Waals surface area contributed by atoms with Gasteiger partial charge in [-0.05, 0) is 19.4 Å². The minimum Gasteiger partial charge on any atom is -0.298 e. The summed E-state index contributed by atoms with van der Waals surface area (Å²) >= 11 is 0. The molecule has 0 bridgehead atoms. The Morgan fingerprint density at radius 2 is 1.75 bits per heavy atom. The van der Waals surface area contributed by atoms with Crippen LogP contribution in [0.4, 0.5) is 13.2 Å². The number of alkyl halides is 3. The van der Waals surface area contributed by atoms with E-state index in [1.165, 1.54) is 11.3 Å². The molecule has 1 nitrogen and oxygen atoms in total. The summed E-state index contributed by atoms with van der Waals surface area (Å²) in [5.74, 6) is 0.402. The average Bonchev–Trinajstić information content (AvgIpc) is 2.13. The van der Waals surface area contributed by atoms with Crippen LogP contribution < -0.4 is 0 Å². The third-order valence-corrected chi connectivity index (χ3v) is 2.81. The van der Waals surface area contributed by atoms with Crippen molar-refractivity contribution in [3.05, 3.63) is 0 Å². The minimum atomic E-state index is -4.07. The van der Waals surface area contributed by atoms with E-state index >= 15 is 0 Å². The van der Waals surface area contributed by atoms with E-state index in [0.29, 0.717) is 12.5 Å². The predicted octanol–water partition coefficient (Wildman–Crippen LogP) is 4.09. The van der Waals surface area contributed by atoms with E-state index in [1.54, 1.807) is 7.05 Å². The molecule has 0 aromatic heterocycles. The minimum absolute atomic E-state index is 0.402. The van der Waals surface area contributed by atoms with Crippen molar-refractivity contribution in [2.24, 2.45) is 5.92 Å². The van der Waals surface area contributed by atoms with Crippen molar-refractivity contribution >= 4 is 0 Å². The number of halogens is 3. The summed E-state index contributed by atoms with van der Waals surface area (Å²) in [7, 11) is 1.55. The van der Waals surface area contributed by atoms with Crippen LogP contribution in [0.25, 0.3) is 0 Å². The lowest BCUT2D eigenvalue weighted by Crippen LogP contribution is -2.34. The zero-order valence-electron chi connectivity index (χ0n) is 10.6. The highest BCUT2D eigenvalue weighted by molar-refractivity contribution is 4.65. The van der Waals surface area contributed by atoms with Crippen molar-refractivity contribution in [2.45, 2.75) is 52.1 Å². The second-order valence-electron chi connectivity index (χ2n) is 4.58. The van der Waals surface area contributed by atoms with Gasteiger partial charge in [-0.25, -0.2) is 0 Å². The van der Waals surface area contributed by atoms with E-state index in [4.69, 9.17) is 0 Å². The van der Waals surface area contributed by atoms with Crippen molar-refractivity contribution in [1.82, 2.24) is 4.90 Å². The Hall–Kier alpha value is -0.250. The lowest BCUT2D eigenvalue weighted by molar-refractivity contribution is -0.144. The molecule has 0 fully saturated rings. The van der Waals surface area contributed by atoms with Crippen LogP contribution in [0.15, 0.2) is 0 Å². The van der Waals surface area contributed by atoms with Crippen LogP contribution in [-0.2, 0) is 0 Å². The average molecular weight is 239 g/mol. The first-order valence-electron chi connectivity index (χ1n) is 6.14. The molecular weight excluding hydrogens is 215 g/mol. The summed E-state index contributed by atoms with van der Waals surface area (Å²) in [6.45, 7) is 3.95. The maximum Gasteiger partial charge on any atom is 0.401 e. The van der Waals surface area contributed by atoms with Gasteiger partial charge in [0.25, 0.3) is 0 Å². The van der Waals surface area contributed by atoms with Crippen molar-refractivity contribution in [3.63, 3.8) is 0 Å². The molecule has 98 valence electrons. The van der Waals surface area contributed by atoms with Gasteiger partial charge in [0.2, 0.25) is 0 Å². The van der Waals surface area contributed by atoms with Crippen LogP contribution in [0.3, 0.4) is 0 Å². The molecule has 0 aliphatic rings. The first kappa shape index (κ1) is 15.8. The van der Waals surface area contributed by atoms with E-state index in [1.807, 2.05) is 0 Å². The molecule has 0 aromatic rings. The Morgan fingerprint density at radius 1 is 1.12 bits per heavy atom. The zero-order valence-corrected chi connectivity index (χ0v) is 10.6.